The predicted octanol–water partition coefficient (Wildman–Crippen LogP) is 5.95. The molecule has 0 spiro atoms. The predicted molar refractivity (Wildman–Crippen MR) is 71.9 cm³/mol. The maximum Gasteiger partial charge on any atom is -0.0242 e. The van der Waals surface area contributed by atoms with Crippen molar-refractivity contribution in [2.24, 2.45) is 0 Å². The average Bonchev–Trinajstić information content (AvgIpc) is 2.21. The van der Waals surface area contributed by atoms with Crippen LogP contribution in [-0.2, 0) is 0 Å². The third-order valence-electron chi connectivity index (χ3n) is 2.29. The Bertz CT molecular complexity index is 82.3. The van der Waals surface area contributed by atoms with Gasteiger partial charge in [0.25, 0.3) is 0 Å². The molecule has 2 radical (unpaired) electrons. The van der Waals surface area contributed by atoms with Crippen LogP contribution in [0.4, 0.5) is 0 Å². The van der Waals surface area contributed by atoms with Crippen LogP contribution in [0.1, 0.15) is 65.2 Å². The topological polar surface area (TPSA) is 0 Å². The standard InChI is InChI=1S/C12H26P2/c1-3-5-6-7-8-9-10-12-14-13-11-4-2/h3-12H2,1-2H3. The highest BCUT2D eigenvalue weighted by Crippen LogP contribution is 2.37. The lowest BCUT2D eigenvalue weighted by atomic mass is 10.1. The molecular formula is C12H26P2. The van der Waals surface area contributed by atoms with E-state index in [-0.39, 0.29) is 0 Å². The van der Waals surface area contributed by atoms with Crippen LogP contribution < -0.4 is 0 Å². The minimum absolute atomic E-state index is 1.35. The van der Waals surface area contributed by atoms with Gasteiger partial charge in [-0.25, -0.2) is 0 Å². The Labute approximate surface area is 94.5 Å². The van der Waals surface area contributed by atoms with E-state index < -0.39 is 0 Å². The Morgan fingerprint density at radius 3 is 1.79 bits per heavy atom. The lowest BCUT2D eigenvalue weighted by Crippen LogP contribution is -1.80. The van der Waals surface area contributed by atoms with Crippen LogP contribution in [0.3, 0.4) is 0 Å². The van der Waals surface area contributed by atoms with Gasteiger partial charge in [-0.1, -0.05) is 58.8 Å². The highest BCUT2D eigenvalue weighted by atomic mass is 32.0. The first-order valence-electron chi connectivity index (χ1n) is 6.25. The lowest BCUT2D eigenvalue weighted by Gasteiger charge is -2.00. The summed E-state index contributed by atoms with van der Waals surface area (Å²) in [5.74, 6) is 0. The summed E-state index contributed by atoms with van der Waals surface area (Å²) in [6.45, 7) is 4.56. The van der Waals surface area contributed by atoms with Crippen molar-refractivity contribution in [1.82, 2.24) is 0 Å². The van der Waals surface area contributed by atoms with Crippen LogP contribution in [-0.4, -0.2) is 12.3 Å². The molecular weight excluding hydrogens is 206 g/mol. The summed E-state index contributed by atoms with van der Waals surface area (Å²) in [6.07, 6.45) is 14.3. The van der Waals surface area contributed by atoms with E-state index in [1.54, 1.807) is 16.5 Å². The van der Waals surface area contributed by atoms with Crippen LogP contribution in [0.5, 0.6) is 0 Å². The molecule has 14 heavy (non-hydrogen) atoms. The highest BCUT2D eigenvalue weighted by Gasteiger charge is 1.92. The summed E-state index contributed by atoms with van der Waals surface area (Å²) in [6, 6.07) is 0. The lowest BCUT2D eigenvalue weighted by molar-refractivity contribution is 0.603. The van der Waals surface area contributed by atoms with Gasteiger partial charge in [0, 0.05) is 0 Å². The number of unbranched alkanes of at least 4 members (excludes halogenated alkanes) is 6. The molecule has 0 aliphatic carbocycles. The van der Waals surface area contributed by atoms with Crippen LogP contribution >= 0.6 is 16.5 Å². The molecule has 0 unspecified atom stereocenters. The molecule has 0 fully saturated rings. The van der Waals surface area contributed by atoms with E-state index >= 15 is 0 Å². The van der Waals surface area contributed by atoms with Crippen LogP contribution in [0.15, 0.2) is 0 Å². The monoisotopic (exact) mass is 232 g/mol. The second kappa shape index (κ2) is 13.9. The molecule has 0 bridgehead atoms. The van der Waals surface area contributed by atoms with Crippen molar-refractivity contribution in [1.29, 1.82) is 0 Å². The Kier molecular flexibility index (Phi) is 14.7. The van der Waals surface area contributed by atoms with E-state index in [0.29, 0.717) is 0 Å². The zero-order valence-corrected chi connectivity index (χ0v) is 11.8. The largest absolute Gasteiger partial charge is 0.0654 e. The molecule has 0 aromatic rings. The summed E-state index contributed by atoms with van der Waals surface area (Å²) in [7, 11) is 3.33. The van der Waals surface area contributed by atoms with Gasteiger partial charge >= 0.3 is 0 Å². The highest BCUT2D eigenvalue weighted by molar-refractivity contribution is 8.11. The summed E-state index contributed by atoms with van der Waals surface area (Å²) in [5.41, 5.74) is 0. The first-order valence-corrected chi connectivity index (χ1v) is 9.11. The molecule has 0 aliphatic rings. The molecule has 0 nitrogen and oxygen atoms in total. The molecule has 0 saturated heterocycles. The van der Waals surface area contributed by atoms with Gasteiger partial charge in [0.15, 0.2) is 0 Å². The fraction of sp³-hybridized carbons (Fsp3) is 1.00. The minimum Gasteiger partial charge on any atom is -0.0654 e. The van der Waals surface area contributed by atoms with Crippen LogP contribution in [0, 0.1) is 0 Å². The minimum atomic E-state index is 1.35. The van der Waals surface area contributed by atoms with Crippen molar-refractivity contribution in [2.75, 3.05) is 12.3 Å². The van der Waals surface area contributed by atoms with Gasteiger partial charge in [-0.3, -0.25) is 0 Å². The third kappa shape index (κ3) is 12.9. The zero-order chi connectivity index (χ0) is 10.5. The second-order valence-corrected chi connectivity index (χ2v) is 7.01. The SMILES string of the molecule is CCCCCCCCC[P][P]CCC. The number of rotatable bonds is 11. The van der Waals surface area contributed by atoms with E-state index in [1.807, 2.05) is 0 Å². The molecule has 0 saturated carbocycles. The van der Waals surface area contributed by atoms with Gasteiger partial charge in [0.1, 0.15) is 0 Å². The van der Waals surface area contributed by atoms with Gasteiger partial charge < -0.3 is 0 Å². The van der Waals surface area contributed by atoms with Crippen molar-refractivity contribution in [3.05, 3.63) is 0 Å². The van der Waals surface area contributed by atoms with Crippen molar-refractivity contribution >= 4 is 16.5 Å². The summed E-state index contributed by atoms with van der Waals surface area (Å²) < 4.78 is 0. The maximum absolute atomic E-state index is 2.28. The van der Waals surface area contributed by atoms with E-state index in [0.717, 1.165) is 0 Å². The quantitative estimate of drug-likeness (QED) is 0.305. The smallest absolute Gasteiger partial charge is 0.0242 e. The summed E-state index contributed by atoms with van der Waals surface area (Å²) in [4.78, 5) is 0. The fourth-order valence-electron chi connectivity index (χ4n) is 1.38. The van der Waals surface area contributed by atoms with Crippen molar-refractivity contribution < 1.29 is 0 Å². The third-order valence-corrected chi connectivity index (χ3v) is 5.45. The van der Waals surface area contributed by atoms with Gasteiger partial charge in [-0.2, -0.15) is 0 Å². The molecule has 0 aromatic carbocycles. The van der Waals surface area contributed by atoms with E-state index in [4.69, 9.17) is 0 Å². The Balaban J connectivity index is 2.78. The molecule has 0 amide bonds. The molecule has 2 heteroatoms. The number of hydrogen-bond acceptors (Lipinski definition) is 0. The van der Waals surface area contributed by atoms with Gasteiger partial charge in [0.2, 0.25) is 0 Å². The van der Waals surface area contributed by atoms with Gasteiger partial charge in [-0.05, 0) is 35.3 Å². The summed E-state index contributed by atoms with van der Waals surface area (Å²) >= 11 is 0. The Morgan fingerprint density at radius 2 is 1.14 bits per heavy atom. The molecule has 0 N–H and O–H groups in total. The van der Waals surface area contributed by atoms with E-state index in [2.05, 4.69) is 13.8 Å². The first kappa shape index (κ1) is 14.9. The van der Waals surface area contributed by atoms with Crippen molar-refractivity contribution in [3.63, 3.8) is 0 Å². The molecule has 84 valence electrons. The molecule has 0 rings (SSSR count). The van der Waals surface area contributed by atoms with Gasteiger partial charge in [0.05, 0.1) is 0 Å². The molecule has 0 aromatic heterocycles. The van der Waals surface area contributed by atoms with E-state index in [1.165, 1.54) is 63.7 Å². The summed E-state index contributed by atoms with van der Waals surface area (Å²) in [5, 5.41) is 0. The second-order valence-electron chi connectivity index (χ2n) is 3.85. The Morgan fingerprint density at radius 1 is 0.571 bits per heavy atom. The van der Waals surface area contributed by atoms with E-state index in [9.17, 15) is 0 Å². The fourth-order valence-corrected chi connectivity index (χ4v) is 4.10. The van der Waals surface area contributed by atoms with Gasteiger partial charge in [-0.15, -0.1) is 0 Å². The van der Waals surface area contributed by atoms with Crippen LogP contribution in [0.2, 0.25) is 0 Å². The van der Waals surface area contributed by atoms with Crippen molar-refractivity contribution in [2.45, 2.75) is 65.2 Å². The Hall–Kier alpha value is 0.860. The number of hydrogen-bond donors (Lipinski definition) is 0. The first-order chi connectivity index (χ1) is 6.91. The molecule has 0 atom stereocenters. The van der Waals surface area contributed by atoms with Crippen molar-refractivity contribution in [3.8, 4) is 0 Å². The normalized spacial score (nSPS) is 12.4. The molecule has 0 aliphatic heterocycles. The maximum atomic E-state index is 2.28. The zero-order valence-electron chi connectivity index (χ0n) is 9.97. The molecule has 0 heterocycles. The van der Waals surface area contributed by atoms with Crippen LogP contribution in [0.25, 0.3) is 0 Å². The average molecular weight is 232 g/mol.